The number of nitrogens with zero attached hydrogens (tertiary/aromatic N) is 3. The van der Waals surface area contributed by atoms with Crippen molar-refractivity contribution in [2.24, 2.45) is 5.92 Å². The largest absolute Gasteiger partial charge is 0.477 e. The molecule has 0 saturated carbocycles. The monoisotopic (exact) mass is 548 g/mol. The average molecular weight is 549 g/mol. The fourth-order valence-electron chi connectivity index (χ4n) is 5.95. The number of allylic oxidation sites excluding steroid dienone is 1. The Bertz CT molecular complexity index is 1280. The predicted octanol–water partition coefficient (Wildman–Crippen LogP) is 4.92. The summed E-state index contributed by atoms with van der Waals surface area (Å²) in [5.41, 5.74) is 2.03. The molecule has 0 spiro atoms. The lowest BCUT2D eigenvalue weighted by atomic mass is 9.82. The van der Waals surface area contributed by atoms with Crippen LogP contribution in [0.1, 0.15) is 61.0 Å². The van der Waals surface area contributed by atoms with Crippen molar-refractivity contribution in [3.05, 3.63) is 63.4 Å². The minimum absolute atomic E-state index is 0.0472. The van der Waals surface area contributed by atoms with Crippen LogP contribution in [0.5, 0.6) is 0 Å². The Morgan fingerprint density at radius 1 is 1.21 bits per heavy atom. The number of carboxylic acid groups (broad SMARTS) is 1. The van der Waals surface area contributed by atoms with Gasteiger partial charge in [0.2, 0.25) is 5.91 Å². The third kappa shape index (κ3) is 5.04. The van der Waals surface area contributed by atoms with Gasteiger partial charge in [0.15, 0.2) is 5.69 Å². The number of piperidine rings is 1. The number of alkyl halides is 3. The van der Waals surface area contributed by atoms with E-state index in [2.05, 4.69) is 22.5 Å². The van der Waals surface area contributed by atoms with Crippen LogP contribution in [-0.2, 0) is 28.7 Å². The summed E-state index contributed by atoms with van der Waals surface area (Å²) in [6, 6.07) is 9.20. The minimum atomic E-state index is -4.56. The number of hydrogen-bond acceptors (Lipinski definition) is 5. The van der Waals surface area contributed by atoms with Crippen molar-refractivity contribution in [1.29, 1.82) is 0 Å². The molecule has 1 amide bonds. The van der Waals surface area contributed by atoms with Crippen molar-refractivity contribution in [2.45, 2.75) is 69.5 Å². The van der Waals surface area contributed by atoms with E-state index >= 15 is 0 Å². The number of fused-ring (bicyclic) bond motifs is 1. The van der Waals surface area contributed by atoms with Crippen LogP contribution in [0, 0.1) is 12.8 Å². The molecule has 5 rings (SSSR count). The first-order chi connectivity index (χ1) is 18.0. The number of amides is 1. The number of carbonyl (C=O) groups excluding carboxylic acids is 1. The Morgan fingerprint density at radius 2 is 1.92 bits per heavy atom. The molecule has 2 aliphatic heterocycles. The zero-order chi connectivity index (χ0) is 27.2. The van der Waals surface area contributed by atoms with E-state index < -0.39 is 22.7 Å². The van der Waals surface area contributed by atoms with E-state index in [1.54, 1.807) is 16.7 Å². The van der Waals surface area contributed by atoms with Crippen molar-refractivity contribution >= 4 is 23.6 Å². The van der Waals surface area contributed by atoms with Gasteiger partial charge in [-0.15, -0.1) is 0 Å². The maximum absolute atomic E-state index is 13.0. The quantitative estimate of drug-likeness (QED) is 0.552. The number of halogens is 3. The molecule has 0 bridgehead atoms. The second kappa shape index (κ2) is 9.98. The first-order valence-corrected chi connectivity index (χ1v) is 13.7. The van der Waals surface area contributed by atoms with Crippen LogP contribution in [0.2, 0.25) is 0 Å². The Morgan fingerprint density at radius 3 is 2.58 bits per heavy atom. The van der Waals surface area contributed by atoms with Crippen LogP contribution in [0.25, 0.3) is 0 Å². The lowest BCUT2D eigenvalue weighted by molar-refractivity contribution is -0.142. The number of likely N-dealkylation sites (tertiary alicyclic amines) is 1. The van der Waals surface area contributed by atoms with Crippen molar-refractivity contribution < 1.29 is 27.9 Å². The van der Waals surface area contributed by atoms with E-state index in [1.807, 2.05) is 19.1 Å². The summed E-state index contributed by atoms with van der Waals surface area (Å²) in [5, 5.41) is 17.0. The van der Waals surface area contributed by atoms with Crippen LogP contribution >= 0.6 is 11.8 Å². The van der Waals surface area contributed by atoms with Crippen LogP contribution in [0.15, 0.2) is 40.9 Å². The number of benzene rings is 1. The van der Waals surface area contributed by atoms with Gasteiger partial charge in [0.1, 0.15) is 12.2 Å². The van der Waals surface area contributed by atoms with Crippen molar-refractivity contribution in [1.82, 2.24) is 20.0 Å². The molecule has 2 aromatic rings. The van der Waals surface area contributed by atoms with Gasteiger partial charge in [-0.1, -0.05) is 36.0 Å². The summed E-state index contributed by atoms with van der Waals surface area (Å²) < 4.78 is 40.0. The van der Waals surface area contributed by atoms with Gasteiger partial charge in [0, 0.05) is 29.6 Å². The van der Waals surface area contributed by atoms with E-state index in [9.17, 15) is 27.9 Å². The van der Waals surface area contributed by atoms with Gasteiger partial charge in [-0.3, -0.25) is 9.48 Å². The first kappa shape index (κ1) is 26.6. The molecule has 11 heteroatoms. The molecule has 7 nitrogen and oxygen atoms in total. The molecular formula is C27H31F3N4O3S. The SMILES string of the molecule is Cc1cc(C(F)(F)F)nn1CC(=O)N1CCC(C2(C)NC(C(=O)O)=C(C3CCCc4ccccc43)S2)CC1. The number of carbonyl (C=O) groups is 2. The maximum Gasteiger partial charge on any atom is 0.435 e. The smallest absolute Gasteiger partial charge is 0.435 e. The van der Waals surface area contributed by atoms with Gasteiger partial charge in [-0.2, -0.15) is 18.3 Å². The van der Waals surface area contributed by atoms with Crippen LogP contribution in [-0.4, -0.2) is 49.6 Å². The highest BCUT2D eigenvalue weighted by molar-refractivity contribution is 8.04. The number of rotatable bonds is 5. The molecule has 2 atom stereocenters. The zero-order valence-electron chi connectivity index (χ0n) is 21.3. The van der Waals surface area contributed by atoms with Gasteiger partial charge in [-0.25, -0.2) is 4.79 Å². The van der Waals surface area contributed by atoms with Gasteiger partial charge >= 0.3 is 12.1 Å². The molecule has 2 N–H and O–H groups in total. The molecule has 204 valence electrons. The molecule has 1 aromatic carbocycles. The number of aliphatic carboxylic acids is 1. The third-order valence-corrected chi connectivity index (χ3v) is 9.59. The molecule has 3 heterocycles. The molecule has 38 heavy (non-hydrogen) atoms. The van der Waals surface area contributed by atoms with E-state index in [0.717, 1.165) is 34.9 Å². The molecule has 0 radical (unpaired) electrons. The molecule has 1 fully saturated rings. The van der Waals surface area contributed by atoms with E-state index in [-0.39, 0.29) is 35.7 Å². The van der Waals surface area contributed by atoms with E-state index in [4.69, 9.17) is 0 Å². The minimum Gasteiger partial charge on any atom is -0.477 e. The fourth-order valence-corrected chi connectivity index (χ4v) is 7.59. The zero-order valence-corrected chi connectivity index (χ0v) is 22.2. The van der Waals surface area contributed by atoms with Crippen LogP contribution in [0.3, 0.4) is 0 Å². The topological polar surface area (TPSA) is 87.5 Å². The Balaban J connectivity index is 1.25. The predicted molar refractivity (Wildman–Crippen MR) is 137 cm³/mol. The molecule has 2 unspecified atom stereocenters. The maximum atomic E-state index is 13.0. The Hall–Kier alpha value is -2.95. The molecular weight excluding hydrogens is 517 g/mol. The second-order valence-electron chi connectivity index (χ2n) is 10.5. The molecule has 3 aliphatic rings. The number of aromatic nitrogens is 2. The number of thioether (sulfide) groups is 1. The van der Waals surface area contributed by atoms with Gasteiger partial charge in [-0.05, 0) is 69.1 Å². The number of aryl methyl sites for hydroxylation is 2. The van der Waals surface area contributed by atoms with Crippen molar-refractivity contribution in [2.75, 3.05) is 13.1 Å². The highest BCUT2D eigenvalue weighted by atomic mass is 32.2. The highest BCUT2D eigenvalue weighted by Crippen LogP contribution is 2.53. The van der Waals surface area contributed by atoms with Gasteiger partial charge in [0.05, 0.1) is 4.87 Å². The van der Waals surface area contributed by atoms with Crippen LogP contribution < -0.4 is 5.32 Å². The Labute approximate surface area is 223 Å². The summed E-state index contributed by atoms with van der Waals surface area (Å²) in [7, 11) is 0. The Kier molecular flexibility index (Phi) is 7.00. The highest BCUT2D eigenvalue weighted by Gasteiger charge is 2.47. The molecule has 1 aliphatic carbocycles. The van der Waals surface area contributed by atoms with Crippen molar-refractivity contribution in [3.8, 4) is 0 Å². The molecule has 1 aromatic heterocycles. The van der Waals surface area contributed by atoms with E-state index in [0.29, 0.717) is 25.9 Å². The number of carboxylic acids is 1. The van der Waals surface area contributed by atoms with E-state index in [1.165, 1.54) is 18.1 Å². The summed E-state index contributed by atoms with van der Waals surface area (Å²) in [4.78, 5) is 27.2. The number of hydrogen-bond donors (Lipinski definition) is 2. The lowest BCUT2D eigenvalue weighted by Crippen LogP contribution is -2.49. The summed E-state index contributed by atoms with van der Waals surface area (Å²) >= 11 is 1.61. The average Bonchev–Trinajstić information content (AvgIpc) is 3.44. The normalized spacial score (nSPS) is 24.3. The summed E-state index contributed by atoms with van der Waals surface area (Å²) in [6.07, 6.45) is -0.315. The molecule has 1 saturated heterocycles. The standard InChI is InChI=1S/C27H31F3N4O3S/c1-16-14-21(27(28,29)30)32-34(16)15-22(35)33-12-10-18(11-13-33)26(2)31-23(25(36)37)24(38-26)20-9-5-7-17-6-3-4-8-19(17)20/h3-4,6,8,14,18,20,31H,5,7,9-13,15H2,1-2H3,(H,36,37). The number of nitrogens with one attached hydrogen (secondary N) is 1. The van der Waals surface area contributed by atoms with Gasteiger partial charge < -0.3 is 15.3 Å². The second-order valence-corrected chi connectivity index (χ2v) is 12.0. The van der Waals surface area contributed by atoms with Crippen LogP contribution in [0.4, 0.5) is 13.2 Å². The van der Waals surface area contributed by atoms with Crippen molar-refractivity contribution in [3.63, 3.8) is 0 Å². The third-order valence-electron chi connectivity index (χ3n) is 8.02. The summed E-state index contributed by atoms with van der Waals surface area (Å²) in [6.45, 7) is 4.21. The lowest BCUT2D eigenvalue weighted by Gasteiger charge is -2.41. The fraction of sp³-hybridized carbons (Fsp3) is 0.519. The van der Waals surface area contributed by atoms with Gasteiger partial charge in [0.25, 0.3) is 0 Å². The summed E-state index contributed by atoms with van der Waals surface area (Å²) in [5.74, 6) is -1.07. The first-order valence-electron chi connectivity index (χ1n) is 12.9.